The standard InChI is InChI=1S/C24H26ClF3N4O3/c1-5-8-15(14-35-4)16-11-18(24(26,27)28)22-29-20(21(25)32(22)12-16)23(34)30-9-10-31(19(33)13-30)17(6-2)7-3/h8,11-12,14,17H,1,6-7,9-10,13H2,2-4H3. The van der Waals surface area contributed by atoms with E-state index in [-0.39, 0.29) is 47.0 Å². The fraction of sp³-hybridized carbons (Fsp3) is 0.417. The summed E-state index contributed by atoms with van der Waals surface area (Å²) in [6, 6.07) is 0.967. The molecule has 2 aromatic heterocycles. The molecule has 0 aromatic carbocycles. The zero-order valence-electron chi connectivity index (χ0n) is 19.7. The van der Waals surface area contributed by atoms with Crippen LogP contribution in [0.1, 0.15) is 48.3 Å². The number of alkyl halides is 3. The first-order chi connectivity index (χ1) is 16.6. The number of piperazine rings is 1. The zero-order valence-corrected chi connectivity index (χ0v) is 20.4. The molecule has 3 rings (SSSR count). The highest BCUT2D eigenvalue weighted by molar-refractivity contribution is 6.33. The van der Waals surface area contributed by atoms with Gasteiger partial charge in [-0.15, -0.1) is 5.73 Å². The molecule has 188 valence electrons. The minimum Gasteiger partial charge on any atom is -0.504 e. The number of hydrogen-bond acceptors (Lipinski definition) is 4. The monoisotopic (exact) mass is 510 g/mol. The van der Waals surface area contributed by atoms with Crippen molar-refractivity contribution in [3.63, 3.8) is 0 Å². The van der Waals surface area contributed by atoms with Gasteiger partial charge in [0.25, 0.3) is 5.91 Å². The van der Waals surface area contributed by atoms with Gasteiger partial charge in [0, 0.05) is 36.5 Å². The Hall–Kier alpha value is -3.23. The van der Waals surface area contributed by atoms with Gasteiger partial charge in [-0.25, -0.2) is 4.98 Å². The molecule has 3 heterocycles. The van der Waals surface area contributed by atoms with E-state index in [9.17, 15) is 22.8 Å². The SMILES string of the molecule is C=C=CC(=COC)c1cc(C(F)(F)F)c2nc(C(=O)N3CCN(C(CC)CC)C(=O)C3)c(Cl)n2c1. The summed E-state index contributed by atoms with van der Waals surface area (Å²) in [4.78, 5) is 32.8. The van der Waals surface area contributed by atoms with Crippen LogP contribution in [0.15, 0.2) is 36.9 Å². The topological polar surface area (TPSA) is 67.2 Å². The molecule has 1 fully saturated rings. The Balaban J connectivity index is 2.05. The van der Waals surface area contributed by atoms with Crippen molar-refractivity contribution >= 4 is 34.6 Å². The molecule has 0 spiro atoms. The van der Waals surface area contributed by atoms with Crippen LogP contribution in [0.2, 0.25) is 5.15 Å². The van der Waals surface area contributed by atoms with Crippen LogP contribution < -0.4 is 0 Å². The first kappa shape index (κ1) is 26.4. The van der Waals surface area contributed by atoms with Gasteiger partial charge >= 0.3 is 6.18 Å². The van der Waals surface area contributed by atoms with Gasteiger partial charge in [0.15, 0.2) is 11.3 Å². The molecule has 1 aliphatic rings. The first-order valence-electron chi connectivity index (χ1n) is 11.0. The summed E-state index contributed by atoms with van der Waals surface area (Å²) >= 11 is 6.39. The van der Waals surface area contributed by atoms with Gasteiger partial charge in [-0.2, -0.15) is 13.2 Å². The van der Waals surface area contributed by atoms with Gasteiger partial charge in [-0.3, -0.25) is 14.0 Å². The molecule has 1 saturated heterocycles. The maximum absolute atomic E-state index is 13.9. The van der Waals surface area contributed by atoms with E-state index in [2.05, 4.69) is 17.3 Å². The molecule has 0 atom stereocenters. The van der Waals surface area contributed by atoms with Crippen molar-refractivity contribution in [2.75, 3.05) is 26.7 Å². The van der Waals surface area contributed by atoms with E-state index in [1.54, 1.807) is 4.90 Å². The van der Waals surface area contributed by atoms with Crippen molar-refractivity contribution in [2.45, 2.75) is 38.9 Å². The number of fused-ring (bicyclic) bond motifs is 1. The van der Waals surface area contributed by atoms with E-state index in [1.165, 1.54) is 30.5 Å². The van der Waals surface area contributed by atoms with E-state index in [1.807, 2.05) is 13.8 Å². The largest absolute Gasteiger partial charge is 0.504 e. The maximum atomic E-state index is 13.9. The Labute approximate surface area is 206 Å². The number of carbonyl (C=O) groups excluding carboxylic acids is 2. The third-order valence-corrected chi connectivity index (χ3v) is 6.29. The molecule has 0 radical (unpaired) electrons. The van der Waals surface area contributed by atoms with Crippen molar-refractivity contribution in [1.29, 1.82) is 0 Å². The van der Waals surface area contributed by atoms with Crippen molar-refractivity contribution < 1.29 is 27.5 Å². The number of allylic oxidation sites excluding steroid dienone is 2. The number of rotatable bonds is 7. The van der Waals surface area contributed by atoms with E-state index in [0.717, 1.165) is 23.3 Å². The summed E-state index contributed by atoms with van der Waals surface area (Å²) < 4.78 is 47.8. The molecule has 0 N–H and O–H groups in total. The van der Waals surface area contributed by atoms with Crippen molar-refractivity contribution in [3.8, 4) is 0 Å². The van der Waals surface area contributed by atoms with Crippen LogP contribution >= 0.6 is 11.6 Å². The van der Waals surface area contributed by atoms with E-state index in [0.29, 0.717) is 6.54 Å². The number of methoxy groups -OCH3 is 1. The van der Waals surface area contributed by atoms with Crippen LogP contribution in [0.3, 0.4) is 0 Å². The molecule has 2 amide bonds. The lowest BCUT2D eigenvalue weighted by Gasteiger charge is -2.38. The molecule has 0 aliphatic carbocycles. The number of halogens is 4. The third kappa shape index (κ3) is 5.23. The number of amides is 2. The summed E-state index contributed by atoms with van der Waals surface area (Å²) in [5.41, 5.74) is 0.921. The molecule has 11 heteroatoms. The summed E-state index contributed by atoms with van der Waals surface area (Å²) in [7, 11) is 1.35. The van der Waals surface area contributed by atoms with E-state index in [4.69, 9.17) is 16.3 Å². The van der Waals surface area contributed by atoms with E-state index >= 15 is 0 Å². The molecule has 7 nitrogen and oxygen atoms in total. The van der Waals surface area contributed by atoms with Gasteiger partial charge in [-0.1, -0.05) is 32.0 Å². The number of carbonyl (C=O) groups is 2. The van der Waals surface area contributed by atoms with Gasteiger partial charge in [0.2, 0.25) is 5.91 Å². The fourth-order valence-corrected chi connectivity index (χ4v) is 4.42. The second-order valence-electron chi connectivity index (χ2n) is 8.03. The lowest BCUT2D eigenvalue weighted by molar-refractivity contribution is -0.138. The molecule has 35 heavy (non-hydrogen) atoms. The predicted octanol–water partition coefficient (Wildman–Crippen LogP) is 4.81. The summed E-state index contributed by atoms with van der Waals surface area (Å²) in [6.45, 7) is 7.79. The fourth-order valence-electron chi connectivity index (χ4n) is 4.17. The average Bonchev–Trinajstić information content (AvgIpc) is 3.15. The minimum absolute atomic E-state index is 0.0743. The first-order valence-corrected chi connectivity index (χ1v) is 11.4. The second kappa shape index (κ2) is 10.6. The predicted molar refractivity (Wildman–Crippen MR) is 126 cm³/mol. The van der Waals surface area contributed by atoms with Crippen LogP contribution in [0, 0.1) is 0 Å². The van der Waals surface area contributed by atoms with Crippen LogP contribution in [0.25, 0.3) is 11.2 Å². The lowest BCUT2D eigenvalue weighted by atomic mass is 10.1. The van der Waals surface area contributed by atoms with Crippen LogP contribution in [0.4, 0.5) is 13.2 Å². The number of imidazole rings is 1. The number of hydrogen-bond donors (Lipinski definition) is 0. The van der Waals surface area contributed by atoms with Crippen LogP contribution in [0.5, 0.6) is 0 Å². The summed E-state index contributed by atoms with van der Waals surface area (Å²) in [6.07, 6.45) is 0.716. The van der Waals surface area contributed by atoms with Crippen molar-refractivity contribution in [3.05, 3.63) is 58.9 Å². The third-order valence-electron chi connectivity index (χ3n) is 5.93. The smallest absolute Gasteiger partial charge is 0.420 e. The van der Waals surface area contributed by atoms with E-state index < -0.39 is 23.3 Å². The lowest BCUT2D eigenvalue weighted by Crippen LogP contribution is -2.55. The molecule has 1 aliphatic heterocycles. The Morgan fingerprint density at radius 1 is 1.34 bits per heavy atom. The van der Waals surface area contributed by atoms with Crippen LogP contribution in [-0.4, -0.2) is 63.8 Å². The number of ether oxygens (including phenoxy) is 1. The Bertz CT molecular complexity index is 1210. The molecular formula is C24H26ClF3N4O3. The number of nitrogens with zero attached hydrogens (tertiary/aromatic N) is 4. The number of pyridine rings is 1. The molecule has 2 aromatic rings. The highest BCUT2D eigenvalue weighted by Gasteiger charge is 2.37. The zero-order chi connectivity index (χ0) is 25.9. The average molecular weight is 511 g/mol. The summed E-state index contributed by atoms with van der Waals surface area (Å²) in [5.74, 6) is -0.924. The Morgan fingerprint density at radius 2 is 2.03 bits per heavy atom. The Morgan fingerprint density at radius 3 is 2.57 bits per heavy atom. The molecule has 0 saturated carbocycles. The Kier molecular flexibility index (Phi) is 7.97. The summed E-state index contributed by atoms with van der Waals surface area (Å²) in [5, 5.41) is -0.286. The van der Waals surface area contributed by atoms with Gasteiger partial charge in [0.1, 0.15) is 11.7 Å². The van der Waals surface area contributed by atoms with Crippen molar-refractivity contribution in [1.82, 2.24) is 19.2 Å². The second-order valence-corrected chi connectivity index (χ2v) is 8.38. The van der Waals surface area contributed by atoms with Crippen molar-refractivity contribution in [2.24, 2.45) is 0 Å². The van der Waals surface area contributed by atoms with Crippen LogP contribution in [-0.2, 0) is 15.7 Å². The molecule has 0 bridgehead atoms. The quantitative estimate of drug-likeness (QED) is 0.305. The molecule has 0 unspecified atom stereocenters. The minimum atomic E-state index is -4.78. The maximum Gasteiger partial charge on any atom is 0.420 e. The van der Waals surface area contributed by atoms with Gasteiger partial charge in [-0.05, 0) is 25.0 Å². The highest BCUT2D eigenvalue weighted by Crippen LogP contribution is 2.36. The van der Waals surface area contributed by atoms with Gasteiger partial charge < -0.3 is 14.5 Å². The highest BCUT2D eigenvalue weighted by atomic mass is 35.5. The normalized spacial score (nSPS) is 15.1. The molecular weight excluding hydrogens is 485 g/mol. The number of aromatic nitrogens is 2. The van der Waals surface area contributed by atoms with Gasteiger partial charge in [0.05, 0.1) is 18.9 Å².